The molecule has 1 aromatic carbocycles. The van der Waals surface area contributed by atoms with E-state index in [9.17, 15) is 9.90 Å². The summed E-state index contributed by atoms with van der Waals surface area (Å²) in [6.07, 6.45) is 3.51. The Labute approximate surface area is 121 Å². The number of aromatic nitrogens is 3. The van der Waals surface area contributed by atoms with Crippen molar-refractivity contribution in [2.24, 2.45) is 7.05 Å². The first-order valence-corrected chi connectivity index (χ1v) is 6.60. The third-order valence-electron chi connectivity index (χ3n) is 3.48. The standard InChI is InChI=1S/C16H15N3O2/c1-9-4-10(2)15-12(5-9)13(16(20)21)6-14(18-15)11-7-17-19(3)8-11/h4-8H,1-3H3,(H,20,21). The van der Waals surface area contributed by atoms with Crippen molar-refractivity contribution in [3.63, 3.8) is 0 Å². The van der Waals surface area contributed by atoms with Crippen molar-refractivity contribution >= 4 is 16.9 Å². The molecule has 0 aliphatic heterocycles. The van der Waals surface area contributed by atoms with Crippen molar-refractivity contribution in [1.82, 2.24) is 14.8 Å². The van der Waals surface area contributed by atoms with Gasteiger partial charge in [0.25, 0.3) is 0 Å². The van der Waals surface area contributed by atoms with Crippen molar-refractivity contribution < 1.29 is 9.90 Å². The number of hydrogen-bond donors (Lipinski definition) is 1. The van der Waals surface area contributed by atoms with Gasteiger partial charge in [0.2, 0.25) is 0 Å². The van der Waals surface area contributed by atoms with Gasteiger partial charge in [-0.15, -0.1) is 0 Å². The van der Waals surface area contributed by atoms with Gasteiger partial charge in [-0.1, -0.05) is 11.6 Å². The Morgan fingerprint density at radius 1 is 1.24 bits per heavy atom. The molecule has 0 saturated carbocycles. The summed E-state index contributed by atoms with van der Waals surface area (Å²) >= 11 is 0. The van der Waals surface area contributed by atoms with Crippen molar-refractivity contribution in [2.45, 2.75) is 13.8 Å². The molecule has 3 aromatic rings. The molecule has 0 aliphatic rings. The predicted molar refractivity (Wildman–Crippen MR) is 80.4 cm³/mol. The number of carboxylic acids is 1. The van der Waals surface area contributed by atoms with E-state index in [0.29, 0.717) is 11.1 Å². The van der Waals surface area contributed by atoms with Gasteiger partial charge in [-0.25, -0.2) is 9.78 Å². The largest absolute Gasteiger partial charge is 0.478 e. The maximum absolute atomic E-state index is 11.6. The van der Waals surface area contributed by atoms with Gasteiger partial charge >= 0.3 is 5.97 Å². The number of rotatable bonds is 2. The molecule has 0 amide bonds. The number of aromatic carboxylic acids is 1. The summed E-state index contributed by atoms with van der Waals surface area (Å²) in [5, 5.41) is 14.3. The molecule has 0 radical (unpaired) electrons. The zero-order valence-electron chi connectivity index (χ0n) is 12.1. The lowest BCUT2D eigenvalue weighted by molar-refractivity contribution is 0.0699. The summed E-state index contributed by atoms with van der Waals surface area (Å²) in [6, 6.07) is 5.49. The van der Waals surface area contributed by atoms with Gasteiger partial charge in [-0.2, -0.15) is 5.10 Å². The number of fused-ring (bicyclic) bond motifs is 1. The van der Waals surface area contributed by atoms with Gasteiger partial charge in [-0.05, 0) is 31.5 Å². The molecule has 0 saturated heterocycles. The Hall–Kier alpha value is -2.69. The molecule has 2 heterocycles. The van der Waals surface area contributed by atoms with Crippen molar-refractivity contribution in [1.29, 1.82) is 0 Å². The maximum Gasteiger partial charge on any atom is 0.336 e. The zero-order valence-corrected chi connectivity index (χ0v) is 12.1. The molecule has 3 rings (SSSR count). The van der Waals surface area contributed by atoms with Gasteiger partial charge < -0.3 is 5.11 Å². The summed E-state index contributed by atoms with van der Waals surface area (Å²) in [5.74, 6) is -0.947. The second-order valence-electron chi connectivity index (χ2n) is 5.24. The number of nitrogens with zero attached hydrogens (tertiary/aromatic N) is 3. The lowest BCUT2D eigenvalue weighted by Gasteiger charge is -2.09. The van der Waals surface area contributed by atoms with Crippen LogP contribution in [0.4, 0.5) is 0 Å². The van der Waals surface area contributed by atoms with E-state index in [1.54, 1.807) is 16.9 Å². The minimum atomic E-state index is -0.947. The number of carboxylic acid groups (broad SMARTS) is 1. The molecule has 0 aliphatic carbocycles. The number of aryl methyl sites for hydroxylation is 3. The molecule has 1 N–H and O–H groups in total. The number of pyridine rings is 1. The quantitative estimate of drug-likeness (QED) is 0.784. The first-order valence-electron chi connectivity index (χ1n) is 6.60. The predicted octanol–water partition coefficient (Wildman–Crippen LogP) is 2.95. The second kappa shape index (κ2) is 4.70. The van der Waals surface area contributed by atoms with Gasteiger partial charge in [0.05, 0.1) is 23.0 Å². The third-order valence-corrected chi connectivity index (χ3v) is 3.48. The Bertz CT molecular complexity index is 865. The summed E-state index contributed by atoms with van der Waals surface area (Å²) in [4.78, 5) is 16.2. The monoisotopic (exact) mass is 281 g/mol. The van der Waals surface area contributed by atoms with Crippen LogP contribution in [-0.4, -0.2) is 25.8 Å². The number of benzene rings is 1. The molecule has 5 nitrogen and oxygen atoms in total. The van der Waals surface area contributed by atoms with Crippen molar-refractivity contribution in [2.75, 3.05) is 0 Å². The third kappa shape index (κ3) is 2.27. The summed E-state index contributed by atoms with van der Waals surface area (Å²) in [5.41, 5.74) is 4.42. The topological polar surface area (TPSA) is 68.0 Å². The SMILES string of the molecule is Cc1cc(C)c2nc(-c3cnn(C)c3)cc(C(=O)O)c2c1. The maximum atomic E-state index is 11.6. The van der Waals surface area contributed by atoms with Crippen LogP contribution >= 0.6 is 0 Å². The van der Waals surface area contributed by atoms with E-state index in [2.05, 4.69) is 10.1 Å². The summed E-state index contributed by atoms with van der Waals surface area (Å²) in [6.45, 7) is 3.90. The molecule has 21 heavy (non-hydrogen) atoms. The van der Waals surface area contributed by atoms with E-state index in [4.69, 9.17) is 0 Å². The fourth-order valence-corrected chi connectivity index (χ4v) is 2.56. The van der Waals surface area contributed by atoms with Crippen LogP contribution in [0, 0.1) is 13.8 Å². The lowest BCUT2D eigenvalue weighted by atomic mass is 10.0. The van der Waals surface area contributed by atoms with E-state index < -0.39 is 5.97 Å². The lowest BCUT2D eigenvalue weighted by Crippen LogP contribution is -2.01. The van der Waals surface area contributed by atoms with Gasteiger partial charge in [0.15, 0.2) is 0 Å². The van der Waals surface area contributed by atoms with Crippen molar-refractivity contribution in [3.05, 3.63) is 47.3 Å². The normalized spacial score (nSPS) is 11.0. The average Bonchev–Trinajstić information content (AvgIpc) is 2.84. The molecule has 0 bridgehead atoms. The van der Waals surface area contributed by atoms with Crippen LogP contribution in [0.1, 0.15) is 21.5 Å². The van der Waals surface area contributed by atoms with Gasteiger partial charge in [0.1, 0.15) is 0 Å². The van der Waals surface area contributed by atoms with Gasteiger partial charge in [-0.3, -0.25) is 4.68 Å². The van der Waals surface area contributed by atoms with Crippen LogP contribution in [-0.2, 0) is 7.05 Å². The fourth-order valence-electron chi connectivity index (χ4n) is 2.56. The van der Waals surface area contributed by atoms with E-state index in [1.807, 2.05) is 39.2 Å². The Kier molecular flexibility index (Phi) is 2.97. The summed E-state index contributed by atoms with van der Waals surface area (Å²) < 4.78 is 1.67. The van der Waals surface area contributed by atoms with Crippen LogP contribution in [0.15, 0.2) is 30.6 Å². The molecule has 0 spiro atoms. The number of hydrogen-bond acceptors (Lipinski definition) is 3. The molecule has 5 heteroatoms. The Morgan fingerprint density at radius 2 is 2.00 bits per heavy atom. The van der Waals surface area contributed by atoms with Crippen LogP contribution in [0.25, 0.3) is 22.2 Å². The highest BCUT2D eigenvalue weighted by Crippen LogP contribution is 2.27. The highest BCUT2D eigenvalue weighted by Gasteiger charge is 2.15. The molecule has 106 valence electrons. The molecular formula is C16H15N3O2. The van der Waals surface area contributed by atoms with Crippen LogP contribution in [0.3, 0.4) is 0 Å². The zero-order chi connectivity index (χ0) is 15.1. The highest BCUT2D eigenvalue weighted by atomic mass is 16.4. The minimum absolute atomic E-state index is 0.269. The Morgan fingerprint density at radius 3 is 2.62 bits per heavy atom. The molecule has 0 atom stereocenters. The molecular weight excluding hydrogens is 266 g/mol. The van der Waals surface area contributed by atoms with E-state index in [0.717, 1.165) is 22.2 Å². The smallest absolute Gasteiger partial charge is 0.336 e. The van der Waals surface area contributed by atoms with E-state index in [-0.39, 0.29) is 5.56 Å². The highest BCUT2D eigenvalue weighted by molar-refractivity contribution is 6.04. The second-order valence-corrected chi connectivity index (χ2v) is 5.24. The molecule has 0 unspecified atom stereocenters. The summed E-state index contributed by atoms with van der Waals surface area (Å²) in [7, 11) is 1.82. The fraction of sp³-hybridized carbons (Fsp3) is 0.188. The average molecular weight is 281 g/mol. The van der Waals surface area contributed by atoms with Crippen LogP contribution in [0.5, 0.6) is 0 Å². The minimum Gasteiger partial charge on any atom is -0.478 e. The van der Waals surface area contributed by atoms with Crippen LogP contribution in [0.2, 0.25) is 0 Å². The molecule has 2 aromatic heterocycles. The number of carbonyl (C=O) groups is 1. The first kappa shape index (κ1) is 13.3. The van der Waals surface area contributed by atoms with E-state index in [1.165, 1.54) is 0 Å². The van der Waals surface area contributed by atoms with Gasteiger partial charge in [0, 0.05) is 24.2 Å². The van der Waals surface area contributed by atoms with E-state index >= 15 is 0 Å². The Balaban J connectivity index is 2.37. The van der Waals surface area contributed by atoms with Crippen molar-refractivity contribution in [3.8, 4) is 11.3 Å². The van der Waals surface area contributed by atoms with Crippen LogP contribution < -0.4 is 0 Å². The first-order chi connectivity index (χ1) is 9.95. The molecule has 0 fully saturated rings.